The van der Waals surface area contributed by atoms with Gasteiger partial charge >= 0.3 is 0 Å². The lowest BCUT2D eigenvalue weighted by molar-refractivity contribution is 0.600. The molecule has 1 aliphatic heterocycles. The molecular formula is C10H16N4O2S. The maximum atomic E-state index is 11.4. The van der Waals surface area contributed by atoms with Crippen LogP contribution in [0, 0.1) is 0 Å². The Balaban J connectivity index is 2.17. The fraction of sp³-hybridized carbons (Fsp3) is 0.600. The molecular weight excluding hydrogens is 240 g/mol. The van der Waals surface area contributed by atoms with Gasteiger partial charge in [0.15, 0.2) is 9.84 Å². The van der Waals surface area contributed by atoms with Crippen LogP contribution >= 0.6 is 0 Å². The molecule has 1 saturated heterocycles. The standard InChI is InChI=1S/C10H16N4O2S/c1-14(9-2-3-17(15,16)7-9)10-6-12-5-8(4-11)13-10/h5-6,9H,2-4,7,11H2,1H3. The predicted molar refractivity (Wildman–Crippen MR) is 65.4 cm³/mol. The topological polar surface area (TPSA) is 89.2 Å². The van der Waals surface area contributed by atoms with E-state index < -0.39 is 9.84 Å². The largest absolute Gasteiger partial charge is 0.354 e. The first kappa shape index (κ1) is 12.3. The summed E-state index contributed by atoms with van der Waals surface area (Å²) in [5.41, 5.74) is 6.20. The van der Waals surface area contributed by atoms with E-state index in [4.69, 9.17) is 5.73 Å². The molecule has 2 heterocycles. The smallest absolute Gasteiger partial charge is 0.152 e. The fourth-order valence-corrected chi connectivity index (χ4v) is 3.71. The molecule has 94 valence electrons. The highest BCUT2D eigenvalue weighted by atomic mass is 32.2. The van der Waals surface area contributed by atoms with E-state index in [1.54, 1.807) is 12.4 Å². The van der Waals surface area contributed by atoms with Gasteiger partial charge in [0, 0.05) is 25.8 Å². The van der Waals surface area contributed by atoms with Crippen molar-refractivity contribution in [2.24, 2.45) is 5.73 Å². The SMILES string of the molecule is CN(c1cncc(CN)n1)C1CCS(=O)(=O)C1. The van der Waals surface area contributed by atoms with Crippen molar-refractivity contribution in [1.29, 1.82) is 0 Å². The zero-order valence-electron chi connectivity index (χ0n) is 9.70. The second kappa shape index (κ2) is 4.58. The van der Waals surface area contributed by atoms with E-state index in [-0.39, 0.29) is 17.5 Å². The Morgan fingerprint density at radius 3 is 2.88 bits per heavy atom. The molecule has 17 heavy (non-hydrogen) atoms. The van der Waals surface area contributed by atoms with Crippen LogP contribution in [-0.2, 0) is 16.4 Å². The Morgan fingerprint density at radius 2 is 2.29 bits per heavy atom. The summed E-state index contributed by atoms with van der Waals surface area (Å²) in [5, 5.41) is 0. The van der Waals surface area contributed by atoms with Gasteiger partial charge in [-0.1, -0.05) is 0 Å². The minimum absolute atomic E-state index is 0.0117. The molecule has 1 aromatic rings. The third kappa shape index (κ3) is 2.73. The van der Waals surface area contributed by atoms with E-state index in [0.29, 0.717) is 24.5 Å². The van der Waals surface area contributed by atoms with Crippen LogP contribution < -0.4 is 10.6 Å². The number of nitrogens with zero attached hydrogens (tertiary/aromatic N) is 3. The summed E-state index contributed by atoms with van der Waals surface area (Å²) in [5.74, 6) is 1.12. The molecule has 6 nitrogen and oxygen atoms in total. The third-order valence-electron chi connectivity index (χ3n) is 3.00. The van der Waals surface area contributed by atoms with Crippen molar-refractivity contribution in [1.82, 2.24) is 9.97 Å². The second-order valence-electron chi connectivity index (χ2n) is 4.24. The number of nitrogens with two attached hydrogens (primary N) is 1. The average molecular weight is 256 g/mol. The van der Waals surface area contributed by atoms with Crippen molar-refractivity contribution in [2.75, 3.05) is 23.5 Å². The molecule has 2 N–H and O–H groups in total. The van der Waals surface area contributed by atoms with Crippen molar-refractivity contribution >= 4 is 15.7 Å². The van der Waals surface area contributed by atoms with Crippen LogP contribution in [0.5, 0.6) is 0 Å². The van der Waals surface area contributed by atoms with Gasteiger partial charge in [-0.25, -0.2) is 13.4 Å². The third-order valence-corrected chi connectivity index (χ3v) is 4.75. The minimum atomic E-state index is -2.88. The molecule has 0 radical (unpaired) electrons. The molecule has 0 bridgehead atoms. The lowest BCUT2D eigenvalue weighted by Gasteiger charge is -2.24. The summed E-state index contributed by atoms with van der Waals surface area (Å²) >= 11 is 0. The number of hydrogen-bond donors (Lipinski definition) is 1. The molecule has 0 spiro atoms. The molecule has 1 atom stereocenters. The Labute approximate surface area is 101 Å². The molecule has 0 aliphatic carbocycles. The van der Waals surface area contributed by atoms with Gasteiger partial charge in [-0.05, 0) is 6.42 Å². The van der Waals surface area contributed by atoms with E-state index >= 15 is 0 Å². The molecule has 1 fully saturated rings. The van der Waals surface area contributed by atoms with Crippen LogP contribution in [0.4, 0.5) is 5.82 Å². The second-order valence-corrected chi connectivity index (χ2v) is 6.47. The molecule has 7 heteroatoms. The Morgan fingerprint density at radius 1 is 1.53 bits per heavy atom. The quantitative estimate of drug-likeness (QED) is 0.788. The predicted octanol–water partition coefficient (Wildman–Crippen LogP) is -0.441. The Hall–Kier alpha value is -1.21. The zero-order chi connectivity index (χ0) is 12.5. The Kier molecular flexibility index (Phi) is 3.30. The van der Waals surface area contributed by atoms with Gasteiger partial charge < -0.3 is 10.6 Å². The van der Waals surface area contributed by atoms with Crippen LogP contribution in [0.3, 0.4) is 0 Å². The molecule has 1 aromatic heterocycles. The van der Waals surface area contributed by atoms with Crippen LogP contribution in [-0.4, -0.2) is 43.0 Å². The lowest BCUT2D eigenvalue weighted by Crippen LogP contribution is -2.33. The van der Waals surface area contributed by atoms with Crippen LogP contribution in [0.2, 0.25) is 0 Å². The molecule has 0 saturated carbocycles. The lowest BCUT2D eigenvalue weighted by atomic mass is 10.2. The number of hydrogen-bond acceptors (Lipinski definition) is 6. The summed E-state index contributed by atoms with van der Waals surface area (Å²) in [4.78, 5) is 10.2. The summed E-state index contributed by atoms with van der Waals surface area (Å²) in [7, 11) is -1.04. The Bertz CT molecular complexity index is 503. The van der Waals surface area contributed by atoms with Gasteiger partial charge in [0.2, 0.25) is 0 Å². The van der Waals surface area contributed by atoms with E-state index in [2.05, 4.69) is 9.97 Å². The van der Waals surface area contributed by atoms with Gasteiger partial charge in [0.05, 0.1) is 23.4 Å². The van der Waals surface area contributed by atoms with Crippen molar-refractivity contribution in [3.63, 3.8) is 0 Å². The highest BCUT2D eigenvalue weighted by molar-refractivity contribution is 7.91. The van der Waals surface area contributed by atoms with E-state index in [1.807, 2.05) is 11.9 Å². The van der Waals surface area contributed by atoms with Gasteiger partial charge in [0.1, 0.15) is 5.82 Å². The number of anilines is 1. The highest BCUT2D eigenvalue weighted by Crippen LogP contribution is 2.20. The maximum Gasteiger partial charge on any atom is 0.152 e. The summed E-state index contributed by atoms with van der Waals surface area (Å²) in [6, 6.07) is -0.0117. The van der Waals surface area contributed by atoms with Gasteiger partial charge in [-0.2, -0.15) is 0 Å². The highest BCUT2D eigenvalue weighted by Gasteiger charge is 2.31. The number of aromatic nitrogens is 2. The average Bonchev–Trinajstić information content (AvgIpc) is 2.69. The van der Waals surface area contributed by atoms with Crippen LogP contribution in [0.15, 0.2) is 12.4 Å². The van der Waals surface area contributed by atoms with Crippen molar-refractivity contribution in [3.8, 4) is 0 Å². The normalized spacial score (nSPS) is 22.6. The fourth-order valence-electron chi connectivity index (χ4n) is 1.93. The first-order valence-corrected chi connectivity index (χ1v) is 7.28. The molecule has 0 aromatic carbocycles. The van der Waals surface area contributed by atoms with E-state index in [1.165, 1.54) is 0 Å². The van der Waals surface area contributed by atoms with E-state index in [0.717, 1.165) is 0 Å². The first-order chi connectivity index (χ1) is 8.02. The van der Waals surface area contributed by atoms with Gasteiger partial charge in [0.25, 0.3) is 0 Å². The number of sulfone groups is 1. The summed E-state index contributed by atoms with van der Waals surface area (Å²) in [6.45, 7) is 0.331. The van der Waals surface area contributed by atoms with Crippen LogP contribution in [0.1, 0.15) is 12.1 Å². The number of rotatable bonds is 3. The van der Waals surface area contributed by atoms with Gasteiger partial charge in [-0.15, -0.1) is 0 Å². The van der Waals surface area contributed by atoms with Crippen molar-refractivity contribution in [2.45, 2.75) is 19.0 Å². The maximum absolute atomic E-state index is 11.4. The minimum Gasteiger partial charge on any atom is -0.354 e. The van der Waals surface area contributed by atoms with Crippen molar-refractivity contribution < 1.29 is 8.42 Å². The monoisotopic (exact) mass is 256 g/mol. The zero-order valence-corrected chi connectivity index (χ0v) is 10.5. The van der Waals surface area contributed by atoms with E-state index in [9.17, 15) is 8.42 Å². The van der Waals surface area contributed by atoms with Gasteiger partial charge in [-0.3, -0.25) is 4.98 Å². The first-order valence-electron chi connectivity index (χ1n) is 5.46. The summed E-state index contributed by atoms with van der Waals surface area (Å²) < 4.78 is 22.8. The van der Waals surface area contributed by atoms with Crippen molar-refractivity contribution in [3.05, 3.63) is 18.1 Å². The molecule has 1 aliphatic rings. The molecule has 0 amide bonds. The molecule has 1 unspecified atom stereocenters. The summed E-state index contributed by atoms with van der Waals surface area (Å²) in [6.07, 6.45) is 3.89. The van der Waals surface area contributed by atoms with Crippen LogP contribution in [0.25, 0.3) is 0 Å². The molecule has 2 rings (SSSR count).